The summed E-state index contributed by atoms with van der Waals surface area (Å²) in [4.78, 5) is 0. The summed E-state index contributed by atoms with van der Waals surface area (Å²) >= 11 is 0. The number of hydrogen-bond donors (Lipinski definition) is 0. The van der Waals surface area contributed by atoms with Crippen molar-refractivity contribution in [3.63, 3.8) is 0 Å². The summed E-state index contributed by atoms with van der Waals surface area (Å²) in [6.07, 6.45) is 3.39. The second kappa shape index (κ2) is 14.4. The topological polar surface area (TPSA) is 36.9 Å². The average molecular weight is 318 g/mol. The van der Waals surface area contributed by atoms with Gasteiger partial charge in [0, 0.05) is 26.4 Å². The van der Waals surface area contributed by atoms with Crippen LogP contribution in [0.4, 0.5) is 0 Å². The summed E-state index contributed by atoms with van der Waals surface area (Å²) in [5.41, 5.74) is 0. The second-order valence-electron chi connectivity index (χ2n) is 6.04. The molecule has 0 saturated heterocycles. The predicted molar refractivity (Wildman–Crippen MR) is 90.9 cm³/mol. The van der Waals surface area contributed by atoms with Crippen LogP contribution < -0.4 is 0 Å². The van der Waals surface area contributed by atoms with Crippen molar-refractivity contribution < 1.29 is 18.9 Å². The number of rotatable bonds is 15. The fourth-order valence-electron chi connectivity index (χ4n) is 2.23. The molecule has 0 N–H and O–H groups in total. The van der Waals surface area contributed by atoms with E-state index in [2.05, 4.69) is 41.5 Å². The maximum atomic E-state index is 5.98. The summed E-state index contributed by atoms with van der Waals surface area (Å²) in [7, 11) is 0. The van der Waals surface area contributed by atoms with Gasteiger partial charge in [0.2, 0.25) is 0 Å². The van der Waals surface area contributed by atoms with Crippen molar-refractivity contribution in [3.05, 3.63) is 0 Å². The molecule has 0 aromatic carbocycles. The van der Waals surface area contributed by atoms with Gasteiger partial charge in [0.25, 0.3) is 0 Å². The first-order valence-corrected chi connectivity index (χ1v) is 9.08. The number of hydrogen-bond acceptors (Lipinski definition) is 4. The Balaban J connectivity index is 4.98. The van der Waals surface area contributed by atoms with Gasteiger partial charge in [-0.3, -0.25) is 0 Å². The molecule has 4 nitrogen and oxygen atoms in total. The lowest BCUT2D eigenvalue weighted by atomic mass is 9.94. The van der Waals surface area contributed by atoms with E-state index in [0.717, 1.165) is 25.7 Å². The van der Waals surface area contributed by atoms with E-state index in [-0.39, 0.29) is 18.5 Å². The smallest absolute Gasteiger partial charge is 0.165 e. The van der Waals surface area contributed by atoms with Crippen molar-refractivity contribution >= 4 is 0 Å². The fraction of sp³-hybridized carbons (Fsp3) is 1.00. The summed E-state index contributed by atoms with van der Waals surface area (Å²) in [6, 6.07) is 0. The van der Waals surface area contributed by atoms with Crippen LogP contribution >= 0.6 is 0 Å². The van der Waals surface area contributed by atoms with E-state index in [4.69, 9.17) is 18.9 Å². The van der Waals surface area contributed by atoms with Crippen molar-refractivity contribution in [1.82, 2.24) is 0 Å². The first kappa shape index (κ1) is 21.8. The molecule has 0 atom stereocenters. The molecule has 134 valence electrons. The van der Waals surface area contributed by atoms with Crippen LogP contribution in [0.2, 0.25) is 0 Å². The first-order chi connectivity index (χ1) is 10.6. The van der Waals surface area contributed by atoms with Gasteiger partial charge in [-0.25, -0.2) is 0 Å². The third-order valence-corrected chi connectivity index (χ3v) is 3.34. The summed E-state index contributed by atoms with van der Waals surface area (Å²) < 4.78 is 23.9. The van der Waals surface area contributed by atoms with E-state index in [1.165, 1.54) is 0 Å². The molecule has 22 heavy (non-hydrogen) atoms. The highest BCUT2D eigenvalue weighted by molar-refractivity contribution is 4.72. The monoisotopic (exact) mass is 318 g/mol. The minimum atomic E-state index is -0.265. The molecule has 0 rings (SSSR count). The van der Waals surface area contributed by atoms with Crippen molar-refractivity contribution in [1.29, 1.82) is 0 Å². The zero-order valence-corrected chi connectivity index (χ0v) is 15.6. The van der Waals surface area contributed by atoms with Crippen molar-refractivity contribution in [3.8, 4) is 0 Å². The molecule has 4 heteroatoms. The Bertz CT molecular complexity index is 197. The Morgan fingerprint density at radius 3 is 1.00 bits per heavy atom. The van der Waals surface area contributed by atoms with Crippen LogP contribution in [0, 0.1) is 11.8 Å². The predicted octanol–water partition coefficient (Wildman–Crippen LogP) is 4.62. The molecule has 0 aromatic heterocycles. The van der Waals surface area contributed by atoms with Gasteiger partial charge in [0.1, 0.15) is 0 Å². The van der Waals surface area contributed by atoms with Gasteiger partial charge >= 0.3 is 0 Å². The van der Waals surface area contributed by atoms with E-state index in [1.54, 1.807) is 0 Å². The third-order valence-electron chi connectivity index (χ3n) is 3.34. The molecular formula is C18H38O4. The molecule has 0 spiro atoms. The van der Waals surface area contributed by atoms with Crippen molar-refractivity contribution in [2.45, 2.75) is 79.8 Å². The molecule has 0 radical (unpaired) electrons. The summed E-state index contributed by atoms with van der Waals surface area (Å²) in [5, 5.41) is 0. The first-order valence-electron chi connectivity index (χ1n) is 9.08. The lowest BCUT2D eigenvalue weighted by molar-refractivity contribution is -0.260. The van der Waals surface area contributed by atoms with Crippen LogP contribution in [-0.4, -0.2) is 39.0 Å². The van der Waals surface area contributed by atoms with Crippen LogP contribution in [0.15, 0.2) is 0 Å². The van der Waals surface area contributed by atoms with Crippen LogP contribution in [0.3, 0.4) is 0 Å². The lowest BCUT2D eigenvalue weighted by Crippen LogP contribution is -2.42. The molecule has 0 bridgehead atoms. The standard InChI is InChI=1S/C18H38O4/c1-7-11-19-17(20-12-8-2)16(15(5)6)18(21-13-9-3)22-14-10-4/h15-18H,7-14H2,1-6H3. The quantitative estimate of drug-likeness (QED) is 0.413. The zero-order valence-electron chi connectivity index (χ0n) is 15.6. The Kier molecular flexibility index (Phi) is 14.3. The minimum absolute atomic E-state index is 0.0798. The Hall–Kier alpha value is -0.160. The molecule has 0 aromatic rings. The SMILES string of the molecule is CCCOC(OCCC)C(C(C)C)C(OCCC)OCCC. The zero-order chi connectivity index (χ0) is 16.8. The van der Waals surface area contributed by atoms with E-state index in [1.807, 2.05) is 0 Å². The number of ether oxygens (including phenoxy) is 4. The highest BCUT2D eigenvalue weighted by atomic mass is 16.7. The molecule has 0 heterocycles. The molecule has 0 aliphatic heterocycles. The molecule has 0 amide bonds. The Labute approximate surface area is 137 Å². The van der Waals surface area contributed by atoms with Gasteiger partial charge in [-0.15, -0.1) is 0 Å². The molecule has 0 aliphatic carbocycles. The maximum absolute atomic E-state index is 5.98. The molecule has 0 aliphatic rings. The maximum Gasteiger partial charge on any atom is 0.165 e. The van der Waals surface area contributed by atoms with Crippen LogP contribution in [-0.2, 0) is 18.9 Å². The third kappa shape index (κ3) is 9.09. The molecule has 0 saturated carbocycles. The Morgan fingerprint density at radius 1 is 0.545 bits per heavy atom. The van der Waals surface area contributed by atoms with Gasteiger partial charge in [-0.1, -0.05) is 41.5 Å². The van der Waals surface area contributed by atoms with E-state index < -0.39 is 0 Å². The fourth-order valence-corrected chi connectivity index (χ4v) is 2.23. The Morgan fingerprint density at radius 2 is 0.818 bits per heavy atom. The van der Waals surface area contributed by atoms with Gasteiger partial charge in [-0.2, -0.15) is 0 Å². The van der Waals surface area contributed by atoms with E-state index in [0.29, 0.717) is 32.3 Å². The molecule has 0 fully saturated rings. The minimum Gasteiger partial charge on any atom is -0.352 e. The van der Waals surface area contributed by atoms with Crippen LogP contribution in [0.5, 0.6) is 0 Å². The molecule has 0 unspecified atom stereocenters. The highest BCUT2D eigenvalue weighted by Gasteiger charge is 2.35. The highest BCUT2D eigenvalue weighted by Crippen LogP contribution is 2.27. The van der Waals surface area contributed by atoms with Gasteiger partial charge in [0.05, 0.1) is 5.92 Å². The van der Waals surface area contributed by atoms with Crippen LogP contribution in [0.1, 0.15) is 67.2 Å². The van der Waals surface area contributed by atoms with Crippen molar-refractivity contribution in [2.75, 3.05) is 26.4 Å². The van der Waals surface area contributed by atoms with E-state index in [9.17, 15) is 0 Å². The summed E-state index contributed by atoms with van der Waals surface area (Å²) in [5.74, 6) is 0.439. The summed E-state index contributed by atoms with van der Waals surface area (Å²) in [6.45, 7) is 15.6. The van der Waals surface area contributed by atoms with Crippen LogP contribution in [0.25, 0.3) is 0 Å². The van der Waals surface area contributed by atoms with Gasteiger partial charge in [-0.05, 0) is 31.6 Å². The van der Waals surface area contributed by atoms with Gasteiger partial charge in [0.15, 0.2) is 12.6 Å². The average Bonchev–Trinajstić information content (AvgIpc) is 2.51. The van der Waals surface area contributed by atoms with Crippen molar-refractivity contribution in [2.24, 2.45) is 11.8 Å². The normalized spacial score (nSPS) is 12.3. The van der Waals surface area contributed by atoms with E-state index >= 15 is 0 Å². The van der Waals surface area contributed by atoms with Gasteiger partial charge < -0.3 is 18.9 Å². The lowest BCUT2D eigenvalue weighted by Gasteiger charge is -2.35. The second-order valence-corrected chi connectivity index (χ2v) is 6.04. The largest absolute Gasteiger partial charge is 0.352 e. The molecular weight excluding hydrogens is 280 g/mol.